The predicted molar refractivity (Wildman–Crippen MR) is 141 cm³/mol. The number of ether oxygens (including phenoxy) is 2. The molecule has 0 saturated carbocycles. The summed E-state index contributed by atoms with van der Waals surface area (Å²) in [6.45, 7) is 1.80. The van der Waals surface area contributed by atoms with Crippen LogP contribution in [0.5, 0.6) is 11.5 Å². The molecule has 0 spiro atoms. The summed E-state index contributed by atoms with van der Waals surface area (Å²) in [5.41, 5.74) is 6.16. The molecule has 5 rings (SSSR count). The van der Waals surface area contributed by atoms with Gasteiger partial charge in [-0.15, -0.1) is 0 Å². The molecule has 7 nitrogen and oxygen atoms in total. The summed E-state index contributed by atoms with van der Waals surface area (Å²) in [7, 11) is 3.52. The van der Waals surface area contributed by atoms with Crippen LogP contribution in [-0.2, 0) is 14.4 Å². The quantitative estimate of drug-likeness (QED) is 0.597. The Labute approximate surface area is 217 Å². The first kappa shape index (κ1) is 24.8. The van der Waals surface area contributed by atoms with Crippen molar-refractivity contribution in [1.82, 2.24) is 4.90 Å². The van der Waals surface area contributed by atoms with Crippen molar-refractivity contribution in [3.8, 4) is 11.5 Å². The normalized spacial score (nSPS) is 18.0. The van der Waals surface area contributed by atoms with Gasteiger partial charge in [0.1, 0.15) is 0 Å². The van der Waals surface area contributed by atoms with E-state index >= 15 is 0 Å². The van der Waals surface area contributed by atoms with Crippen molar-refractivity contribution in [3.63, 3.8) is 0 Å². The van der Waals surface area contributed by atoms with Gasteiger partial charge in [0, 0.05) is 54.0 Å². The number of ketones is 2. The first-order valence-electron chi connectivity index (χ1n) is 12.8. The molecule has 1 amide bonds. The zero-order valence-corrected chi connectivity index (χ0v) is 21.6. The molecule has 0 unspecified atom stereocenters. The van der Waals surface area contributed by atoms with Gasteiger partial charge in [0.25, 0.3) is 5.91 Å². The molecule has 2 aromatic rings. The van der Waals surface area contributed by atoms with E-state index < -0.39 is 5.92 Å². The van der Waals surface area contributed by atoms with E-state index in [0.29, 0.717) is 30.0 Å². The standard InChI is InChI=1S/C30H32N2O5/c1-18-10-13-20(14-11-18)31-27(35)17-37-25-15-12-19(16-26(25)36-3)28-29-21(6-4-8-23(29)33)32(2)22-7-5-9-24(34)30(22)28/h10-16,28H,4-9,17H2,1-3H3,(H,31,35). The summed E-state index contributed by atoms with van der Waals surface area (Å²) >= 11 is 0. The monoisotopic (exact) mass is 500 g/mol. The molecular weight excluding hydrogens is 468 g/mol. The fourth-order valence-corrected chi connectivity index (χ4v) is 5.65. The zero-order valence-electron chi connectivity index (χ0n) is 21.6. The summed E-state index contributed by atoms with van der Waals surface area (Å²) in [5.74, 6) is 0.400. The van der Waals surface area contributed by atoms with Crippen LogP contribution in [0.3, 0.4) is 0 Å². The van der Waals surface area contributed by atoms with Crippen LogP contribution in [0.25, 0.3) is 0 Å². The Morgan fingerprint density at radius 1 is 0.919 bits per heavy atom. The smallest absolute Gasteiger partial charge is 0.262 e. The van der Waals surface area contributed by atoms with Crippen molar-refractivity contribution >= 4 is 23.2 Å². The number of anilines is 1. The second-order valence-corrected chi connectivity index (χ2v) is 9.88. The number of allylic oxidation sites excluding steroid dienone is 4. The number of nitrogens with zero attached hydrogens (tertiary/aromatic N) is 1. The Balaban J connectivity index is 1.43. The molecule has 7 heteroatoms. The fraction of sp³-hybridized carbons (Fsp3) is 0.367. The van der Waals surface area contributed by atoms with E-state index in [9.17, 15) is 14.4 Å². The summed E-state index contributed by atoms with van der Waals surface area (Å²) in [6, 6.07) is 13.0. The molecule has 1 aliphatic heterocycles. The van der Waals surface area contributed by atoms with Crippen molar-refractivity contribution in [2.45, 2.75) is 51.4 Å². The van der Waals surface area contributed by atoms with Crippen molar-refractivity contribution in [1.29, 1.82) is 0 Å². The molecule has 1 N–H and O–H groups in total. The van der Waals surface area contributed by atoms with Crippen molar-refractivity contribution in [3.05, 3.63) is 76.1 Å². The minimum Gasteiger partial charge on any atom is -0.493 e. The molecule has 3 aliphatic rings. The van der Waals surface area contributed by atoms with Crippen LogP contribution >= 0.6 is 0 Å². The fourth-order valence-electron chi connectivity index (χ4n) is 5.65. The molecular formula is C30H32N2O5. The number of benzene rings is 2. The minimum absolute atomic E-state index is 0.107. The Kier molecular flexibility index (Phi) is 6.87. The molecule has 0 atom stereocenters. The van der Waals surface area contributed by atoms with Crippen molar-refractivity contribution in [2.24, 2.45) is 0 Å². The van der Waals surface area contributed by atoms with E-state index in [1.165, 1.54) is 0 Å². The third-order valence-corrected chi connectivity index (χ3v) is 7.46. The van der Waals surface area contributed by atoms with Gasteiger partial charge >= 0.3 is 0 Å². The number of nitrogens with one attached hydrogen (secondary N) is 1. The van der Waals surface area contributed by atoms with Gasteiger partial charge in [-0.25, -0.2) is 0 Å². The average Bonchev–Trinajstić information content (AvgIpc) is 2.90. The van der Waals surface area contributed by atoms with E-state index in [1.54, 1.807) is 13.2 Å². The van der Waals surface area contributed by atoms with Crippen LogP contribution in [0.2, 0.25) is 0 Å². The number of amides is 1. The van der Waals surface area contributed by atoms with Gasteiger partial charge in [-0.2, -0.15) is 0 Å². The van der Waals surface area contributed by atoms with Crippen LogP contribution in [0.4, 0.5) is 5.69 Å². The van der Waals surface area contributed by atoms with E-state index in [2.05, 4.69) is 10.2 Å². The molecule has 37 heavy (non-hydrogen) atoms. The highest BCUT2D eigenvalue weighted by molar-refractivity contribution is 6.06. The first-order chi connectivity index (χ1) is 17.9. The molecule has 0 aromatic heterocycles. The topological polar surface area (TPSA) is 84.9 Å². The average molecular weight is 501 g/mol. The van der Waals surface area contributed by atoms with Crippen molar-refractivity contribution in [2.75, 3.05) is 26.1 Å². The lowest BCUT2D eigenvalue weighted by Crippen LogP contribution is -2.37. The molecule has 2 aromatic carbocycles. The molecule has 2 aliphatic carbocycles. The summed E-state index contributed by atoms with van der Waals surface area (Å²) in [5, 5.41) is 2.82. The summed E-state index contributed by atoms with van der Waals surface area (Å²) < 4.78 is 11.4. The minimum atomic E-state index is -0.408. The highest BCUT2D eigenvalue weighted by Gasteiger charge is 2.42. The van der Waals surface area contributed by atoms with E-state index in [0.717, 1.165) is 59.4 Å². The van der Waals surface area contributed by atoms with Crippen molar-refractivity contribution < 1.29 is 23.9 Å². The lowest BCUT2D eigenvalue weighted by atomic mass is 9.71. The number of rotatable bonds is 6. The van der Waals surface area contributed by atoms with Crippen LogP contribution in [0, 0.1) is 6.92 Å². The van der Waals surface area contributed by atoms with Gasteiger partial charge in [-0.3, -0.25) is 14.4 Å². The largest absolute Gasteiger partial charge is 0.493 e. The Bertz CT molecular complexity index is 1280. The van der Waals surface area contributed by atoms with E-state index in [1.807, 2.05) is 50.4 Å². The van der Waals surface area contributed by atoms with Gasteiger partial charge in [0.2, 0.25) is 0 Å². The summed E-state index contributed by atoms with van der Waals surface area (Å²) in [4.78, 5) is 40.9. The van der Waals surface area contributed by atoms with Gasteiger partial charge in [0.05, 0.1) is 7.11 Å². The Hall–Kier alpha value is -3.87. The number of aryl methyl sites for hydroxylation is 1. The SMILES string of the molecule is COc1cc(C2C3=C(CCCC3=O)N(C)C3=C2C(=O)CCC3)ccc1OCC(=O)Nc1ccc(C)cc1. The lowest BCUT2D eigenvalue weighted by Gasteiger charge is -2.42. The highest BCUT2D eigenvalue weighted by Crippen LogP contribution is 2.49. The third-order valence-electron chi connectivity index (χ3n) is 7.46. The number of methoxy groups -OCH3 is 1. The molecule has 1 heterocycles. The van der Waals surface area contributed by atoms with Crippen LogP contribution < -0.4 is 14.8 Å². The predicted octanol–water partition coefficient (Wildman–Crippen LogP) is 5.06. The van der Waals surface area contributed by atoms with Gasteiger partial charge in [-0.05, 0) is 62.4 Å². The maximum absolute atomic E-state index is 13.2. The zero-order chi connectivity index (χ0) is 26.1. The Morgan fingerprint density at radius 2 is 1.54 bits per heavy atom. The number of Topliss-reactive ketones (excluding diaryl/α,β-unsaturated/α-hetero) is 2. The van der Waals surface area contributed by atoms with Crippen LogP contribution in [-0.4, -0.2) is 43.1 Å². The third kappa shape index (κ3) is 4.78. The van der Waals surface area contributed by atoms with E-state index in [-0.39, 0.29) is 24.1 Å². The van der Waals surface area contributed by atoms with E-state index in [4.69, 9.17) is 9.47 Å². The molecule has 0 fully saturated rings. The van der Waals surface area contributed by atoms with Gasteiger partial charge in [-0.1, -0.05) is 23.8 Å². The molecule has 0 radical (unpaired) electrons. The van der Waals surface area contributed by atoms with Crippen LogP contribution in [0.15, 0.2) is 65.0 Å². The molecule has 0 bridgehead atoms. The molecule has 192 valence electrons. The Morgan fingerprint density at radius 3 is 2.14 bits per heavy atom. The maximum atomic E-state index is 13.2. The number of hydrogen-bond donors (Lipinski definition) is 1. The number of hydrogen-bond acceptors (Lipinski definition) is 6. The van der Waals surface area contributed by atoms with Gasteiger partial charge in [0.15, 0.2) is 29.7 Å². The number of carbonyl (C=O) groups is 3. The number of carbonyl (C=O) groups excluding carboxylic acids is 3. The molecule has 0 saturated heterocycles. The lowest BCUT2D eigenvalue weighted by molar-refractivity contribution is -0.118. The highest BCUT2D eigenvalue weighted by atomic mass is 16.5. The second-order valence-electron chi connectivity index (χ2n) is 9.88. The second kappa shape index (κ2) is 10.2. The first-order valence-corrected chi connectivity index (χ1v) is 12.8. The summed E-state index contributed by atoms with van der Waals surface area (Å²) in [6.07, 6.45) is 4.29. The van der Waals surface area contributed by atoms with Crippen LogP contribution in [0.1, 0.15) is 55.6 Å². The maximum Gasteiger partial charge on any atom is 0.262 e. The van der Waals surface area contributed by atoms with Gasteiger partial charge < -0.3 is 19.7 Å².